The van der Waals surface area contributed by atoms with Crippen molar-refractivity contribution < 1.29 is 4.79 Å². The SMILES string of the molecule is CC(C)CC(CBr)NC(=O)c1ccc(=O)[nH]n1. The summed E-state index contributed by atoms with van der Waals surface area (Å²) >= 11 is 3.36. The maximum Gasteiger partial charge on any atom is 0.271 e. The highest BCUT2D eigenvalue weighted by Crippen LogP contribution is 2.07. The fourth-order valence-corrected chi connectivity index (χ4v) is 1.89. The number of carbonyl (C=O) groups excluding carboxylic acids is 1. The summed E-state index contributed by atoms with van der Waals surface area (Å²) in [6, 6.07) is 2.76. The molecule has 0 aliphatic carbocycles. The summed E-state index contributed by atoms with van der Waals surface area (Å²) in [6.45, 7) is 4.19. The highest BCUT2D eigenvalue weighted by Gasteiger charge is 2.14. The zero-order valence-electron chi connectivity index (χ0n) is 9.87. The van der Waals surface area contributed by atoms with Gasteiger partial charge in [0.15, 0.2) is 0 Å². The molecule has 1 aromatic heterocycles. The lowest BCUT2D eigenvalue weighted by Gasteiger charge is -2.17. The van der Waals surface area contributed by atoms with Gasteiger partial charge in [0.25, 0.3) is 11.5 Å². The lowest BCUT2D eigenvalue weighted by Crippen LogP contribution is -2.37. The number of hydrogen-bond acceptors (Lipinski definition) is 3. The molecule has 0 bridgehead atoms. The summed E-state index contributed by atoms with van der Waals surface area (Å²) in [5.41, 5.74) is -0.0971. The summed E-state index contributed by atoms with van der Waals surface area (Å²) in [4.78, 5) is 22.6. The Labute approximate surface area is 108 Å². The maximum atomic E-state index is 11.8. The highest BCUT2D eigenvalue weighted by atomic mass is 79.9. The van der Waals surface area contributed by atoms with Gasteiger partial charge in [-0.2, -0.15) is 5.10 Å². The maximum absolute atomic E-state index is 11.8. The zero-order chi connectivity index (χ0) is 12.8. The molecule has 0 fully saturated rings. The minimum Gasteiger partial charge on any atom is -0.347 e. The Morgan fingerprint density at radius 3 is 2.71 bits per heavy atom. The van der Waals surface area contributed by atoms with Gasteiger partial charge in [0.2, 0.25) is 0 Å². The third-order valence-electron chi connectivity index (χ3n) is 2.19. The molecule has 17 heavy (non-hydrogen) atoms. The van der Waals surface area contributed by atoms with Crippen molar-refractivity contribution in [3.05, 3.63) is 28.2 Å². The average molecular weight is 302 g/mol. The average Bonchev–Trinajstić information content (AvgIpc) is 2.28. The third-order valence-corrected chi connectivity index (χ3v) is 2.97. The summed E-state index contributed by atoms with van der Waals surface area (Å²) in [5.74, 6) is 0.229. The van der Waals surface area contributed by atoms with E-state index in [2.05, 4.69) is 45.3 Å². The lowest BCUT2D eigenvalue weighted by molar-refractivity contribution is 0.0931. The number of halogens is 1. The molecule has 0 aliphatic heterocycles. The zero-order valence-corrected chi connectivity index (χ0v) is 11.5. The van der Waals surface area contributed by atoms with Gasteiger partial charge in [0.05, 0.1) is 0 Å². The second-order valence-electron chi connectivity index (χ2n) is 4.26. The van der Waals surface area contributed by atoms with Gasteiger partial charge in [0, 0.05) is 17.4 Å². The van der Waals surface area contributed by atoms with Crippen molar-refractivity contribution in [2.75, 3.05) is 5.33 Å². The van der Waals surface area contributed by atoms with Crippen LogP contribution in [0.4, 0.5) is 0 Å². The van der Waals surface area contributed by atoms with E-state index in [-0.39, 0.29) is 23.2 Å². The van der Waals surface area contributed by atoms with Gasteiger partial charge in [0.1, 0.15) is 5.69 Å². The number of hydrogen-bond donors (Lipinski definition) is 2. The number of nitrogens with one attached hydrogen (secondary N) is 2. The monoisotopic (exact) mass is 301 g/mol. The van der Waals surface area contributed by atoms with Gasteiger partial charge in [-0.3, -0.25) is 9.59 Å². The smallest absolute Gasteiger partial charge is 0.271 e. The van der Waals surface area contributed by atoms with Gasteiger partial charge in [-0.1, -0.05) is 29.8 Å². The van der Waals surface area contributed by atoms with Crippen molar-refractivity contribution in [1.29, 1.82) is 0 Å². The van der Waals surface area contributed by atoms with Crippen LogP contribution >= 0.6 is 15.9 Å². The molecule has 2 N–H and O–H groups in total. The van der Waals surface area contributed by atoms with E-state index in [1.54, 1.807) is 0 Å². The van der Waals surface area contributed by atoms with Gasteiger partial charge in [-0.05, 0) is 18.4 Å². The molecule has 1 rings (SSSR count). The Kier molecular flexibility index (Phi) is 5.34. The summed E-state index contributed by atoms with van der Waals surface area (Å²) in [6.07, 6.45) is 0.889. The predicted molar refractivity (Wildman–Crippen MR) is 69.4 cm³/mol. The van der Waals surface area contributed by atoms with Crippen molar-refractivity contribution in [3.63, 3.8) is 0 Å². The van der Waals surface area contributed by atoms with E-state index in [0.29, 0.717) is 11.2 Å². The largest absolute Gasteiger partial charge is 0.347 e. The van der Waals surface area contributed by atoms with Crippen molar-refractivity contribution in [2.24, 2.45) is 5.92 Å². The van der Waals surface area contributed by atoms with E-state index in [1.807, 2.05) is 0 Å². The van der Waals surface area contributed by atoms with Crippen LogP contribution in [0, 0.1) is 5.92 Å². The summed E-state index contributed by atoms with van der Waals surface area (Å²) in [5, 5.41) is 9.47. The topological polar surface area (TPSA) is 74.8 Å². The van der Waals surface area contributed by atoms with Crippen molar-refractivity contribution in [2.45, 2.75) is 26.3 Å². The Balaban J connectivity index is 2.64. The van der Waals surface area contributed by atoms with Gasteiger partial charge < -0.3 is 5.32 Å². The second-order valence-corrected chi connectivity index (χ2v) is 4.91. The van der Waals surface area contributed by atoms with Gasteiger partial charge in [-0.15, -0.1) is 0 Å². The number of H-pyrrole nitrogens is 1. The molecule has 1 unspecified atom stereocenters. The van der Waals surface area contributed by atoms with Crippen LogP contribution in [0.3, 0.4) is 0 Å². The minimum absolute atomic E-state index is 0.0660. The van der Waals surface area contributed by atoms with E-state index in [0.717, 1.165) is 6.42 Å². The van der Waals surface area contributed by atoms with Crippen LogP contribution in [0.5, 0.6) is 0 Å². The molecule has 0 aromatic carbocycles. The molecule has 0 aliphatic rings. The molecule has 0 saturated carbocycles. The second kappa shape index (κ2) is 6.54. The lowest BCUT2D eigenvalue weighted by atomic mass is 10.1. The fraction of sp³-hybridized carbons (Fsp3) is 0.545. The molecular formula is C11H16BrN3O2. The quantitative estimate of drug-likeness (QED) is 0.805. The van der Waals surface area contributed by atoms with Crippen molar-refractivity contribution >= 4 is 21.8 Å². The molecule has 1 amide bonds. The van der Waals surface area contributed by atoms with Crippen LogP contribution < -0.4 is 10.9 Å². The number of alkyl halides is 1. The molecule has 0 saturated heterocycles. The Morgan fingerprint density at radius 1 is 1.53 bits per heavy atom. The van der Waals surface area contributed by atoms with Crippen LogP contribution in [-0.2, 0) is 0 Å². The van der Waals surface area contributed by atoms with Crippen LogP contribution in [0.2, 0.25) is 0 Å². The highest BCUT2D eigenvalue weighted by molar-refractivity contribution is 9.09. The molecule has 0 spiro atoms. The first-order valence-electron chi connectivity index (χ1n) is 5.45. The van der Waals surface area contributed by atoms with Crippen molar-refractivity contribution in [3.8, 4) is 0 Å². The number of rotatable bonds is 5. The van der Waals surface area contributed by atoms with Crippen LogP contribution in [0.1, 0.15) is 30.8 Å². The van der Waals surface area contributed by atoms with E-state index < -0.39 is 0 Å². The normalized spacial score (nSPS) is 12.5. The third kappa shape index (κ3) is 4.68. The molecule has 94 valence electrons. The van der Waals surface area contributed by atoms with Crippen molar-refractivity contribution in [1.82, 2.24) is 15.5 Å². The molecule has 1 aromatic rings. The molecule has 1 heterocycles. The first-order valence-corrected chi connectivity index (χ1v) is 6.57. The Bertz CT molecular complexity index is 410. The van der Waals surface area contributed by atoms with Crippen LogP contribution in [0.25, 0.3) is 0 Å². The summed E-state index contributed by atoms with van der Waals surface area (Å²) in [7, 11) is 0. The number of carbonyl (C=O) groups is 1. The Hall–Kier alpha value is -1.17. The van der Waals surface area contributed by atoms with E-state index in [9.17, 15) is 9.59 Å². The number of nitrogens with zero attached hydrogens (tertiary/aromatic N) is 1. The van der Waals surface area contributed by atoms with E-state index in [4.69, 9.17) is 0 Å². The minimum atomic E-state index is -0.319. The first-order chi connectivity index (χ1) is 8.02. The standard InChI is InChI=1S/C11H16BrN3O2/c1-7(2)5-8(6-12)13-11(17)9-3-4-10(16)15-14-9/h3-4,7-8H,5-6H2,1-2H3,(H,13,17)(H,15,16). The first kappa shape index (κ1) is 13.9. The van der Waals surface area contributed by atoms with E-state index >= 15 is 0 Å². The van der Waals surface area contributed by atoms with Gasteiger partial charge >= 0.3 is 0 Å². The molecule has 0 radical (unpaired) electrons. The summed E-state index contributed by atoms with van der Waals surface area (Å²) < 4.78 is 0. The predicted octanol–water partition coefficient (Wildman–Crippen LogP) is 1.31. The molecule has 1 atom stereocenters. The number of aromatic amines is 1. The fourth-order valence-electron chi connectivity index (χ4n) is 1.46. The van der Waals surface area contributed by atoms with Crippen LogP contribution in [0.15, 0.2) is 16.9 Å². The molecule has 6 heteroatoms. The van der Waals surface area contributed by atoms with E-state index in [1.165, 1.54) is 12.1 Å². The molecular weight excluding hydrogens is 286 g/mol. The number of amides is 1. The number of aromatic nitrogens is 2. The van der Waals surface area contributed by atoms with Crippen LogP contribution in [-0.4, -0.2) is 27.5 Å². The Morgan fingerprint density at radius 2 is 2.24 bits per heavy atom. The van der Waals surface area contributed by atoms with Gasteiger partial charge in [-0.25, -0.2) is 5.10 Å². The molecule has 5 nitrogen and oxygen atoms in total.